The average Bonchev–Trinajstić information content (AvgIpc) is 3.24. The number of ether oxygens (including phenoxy) is 10. The van der Waals surface area contributed by atoms with Gasteiger partial charge in [0.15, 0.2) is 24.8 Å². The first-order valence-electron chi connectivity index (χ1n) is 18.7. The summed E-state index contributed by atoms with van der Waals surface area (Å²) < 4.78 is 62.3. The summed E-state index contributed by atoms with van der Waals surface area (Å²) in [5, 5.41) is 0. The minimum absolute atomic E-state index is 0.0315. The molecular formula is C44H50O12. The second-order valence-corrected chi connectivity index (χ2v) is 13.7. The van der Waals surface area contributed by atoms with E-state index in [9.17, 15) is 9.59 Å². The molecule has 0 amide bonds. The maximum absolute atomic E-state index is 13.8. The lowest BCUT2D eigenvalue weighted by Crippen LogP contribution is -2.65. The Kier molecular flexibility index (Phi) is 15.1. The summed E-state index contributed by atoms with van der Waals surface area (Å²) in [6, 6.07) is 37.3. The second-order valence-electron chi connectivity index (χ2n) is 13.7. The summed E-state index contributed by atoms with van der Waals surface area (Å²) in [7, 11) is 4.55. The molecule has 12 nitrogen and oxygen atoms in total. The Morgan fingerprint density at radius 3 is 1.70 bits per heavy atom. The van der Waals surface area contributed by atoms with Gasteiger partial charge in [0.05, 0.1) is 25.4 Å². The van der Waals surface area contributed by atoms with Crippen molar-refractivity contribution >= 4 is 11.9 Å². The fourth-order valence-electron chi connectivity index (χ4n) is 7.00. The third-order valence-corrected chi connectivity index (χ3v) is 9.92. The fourth-order valence-corrected chi connectivity index (χ4v) is 7.00. The maximum Gasteiger partial charge on any atom is 0.338 e. The highest BCUT2D eigenvalue weighted by Crippen LogP contribution is 2.36. The topological polar surface area (TPSA) is 126 Å². The fraction of sp³-hybridized carbons (Fsp3) is 0.409. The number of carbonyl (C=O) groups is 2. The van der Waals surface area contributed by atoms with E-state index in [0.29, 0.717) is 12.2 Å². The van der Waals surface area contributed by atoms with Gasteiger partial charge in [-0.05, 0) is 28.8 Å². The molecule has 0 N–H and O–H groups in total. The average molecular weight is 771 g/mol. The van der Waals surface area contributed by atoms with Crippen molar-refractivity contribution in [3.63, 3.8) is 0 Å². The van der Waals surface area contributed by atoms with Crippen LogP contribution in [0.1, 0.15) is 34.0 Å². The van der Waals surface area contributed by atoms with Crippen LogP contribution in [0.15, 0.2) is 121 Å². The SMILES string of the molecule is COC1C(OCc2ccccc2)[C@@H](OC)OC(COCc2ccccc2)[C@H]1O[C@@H]1OC(C(=O)OCc2ccccc2)[C@H](C)C(OC)[C@@H]1OC(=O)c1ccccc1. The lowest BCUT2D eigenvalue weighted by atomic mass is 9.89. The molecule has 0 saturated carbocycles. The minimum Gasteiger partial charge on any atom is -0.459 e. The summed E-state index contributed by atoms with van der Waals surface area (Å²) >= 11 is 0. The molecule has 0 aromatic heterocycles. The molecule has 0 aliphatic carbocycles. The molecule has 2 aliphatic rings. The smallest absolute Gasteiger partial charge is 0.338 e. The van der Waals surface area contributed by atoms with Gasteiger partial charge in [0.25, 0.3) is 0 Å². The van der Waals surface area contributed by atoms with Gasteiger partial charge in [-0.25, -0.2) is 9.59 Å². The predicted octanol–water partition coefficient (Wildman–Crippen LogP) is 5.91. The molecule has 2 heterocycles. The summed E-state index contributed by atoms with van der Waals surface area (Å²) in [4.78, 5) is 27.4. The molecule has 0 radical (unpaired) electrons. The van der Waals surface area contributed by atoms with E-state index in [4.69, 9.17) is 47.4 Å². The highest BCUT2D eigenvalue weighted by molar-refractivity contribution is 5.89. The number of hydrogen-bond acceptors (Lipinski definition) is 12. The first-order chi connectivity index (χ1) is 27.4. The van der Waals surface area contributed by atoms with E-state index in [1.807, 2.05) is 91.0 Å². The van der Waals surface area contributed by atoms with Crippen LogP contribution in [-0.2, 0) is 72.0 Å². The molecule has 10 atom stereocenters. The van der Waals surface area contributed by atoms with Gasteiger partial charge in [-0.1, -0.05) is 116 Å². The Bertz CT molecular complexity index is 1760. The second kappa shape index (κ2) is 20.6. The van der Waals surface area contributed by atoms with Crippen LogP contribution in [0.5, 0.6) is 0 Å². The highest BCUT2D eigenvalue weighted by Gasteiger charge is 2.55. The first-order valence-corrected chi connectivity index (χ1v) is 18.7. The Morgan fingerprint density at radius 1 is 0.571 bits per heavy atom. The third-order valence-electron chi connectivity index (χ3n) is 9.92. The molecule has 56 heavy (non-hydrogen) atoms. The molecule has 12 heteroatoms. The molecule has 2 saturated heterocycles. The molecule has 2 aliphatic heterocycles. The van der Waals surface area contributed by atoms with Crippen molar-refractivity contribution in [2.75, 3.05) is 27.9 Å². The van der Waals surface area contributed by atoms with Crippen LogP contribution in [0.25, 0.3) is 0 Å². The normalized spacial score (nSPS) is 27.6. The minimum atomic E-state index is -1.37. The molecule has 6 rings (SSSR count). The predicted molar refractivity (Wildman–Crippen MR) is 203 cm³/mol. The number of methoxy groups -OCH3 is 3. The first kappa shape index (κ1) is 41.1. The number of hydrogen-bond donors (Lipinski definition) is 0. The van der Waals surface area contributed by atoms with E-state index >= 15 is 0 Å². The lowest BCUT2D eigenvalue weighted by molar-refractivity contribution is -0.358. The van der Waals surface area contributed by atoms with Crippen molar-refractivity contribution in [1.29, 1.82) is 0 Å². The standard InChI is InChI=1S/C44H50O12/c1-29-35(47-2)40(54-41(45)33-23-15-8-16-24-33)44(55-36(29)42(46)52-27-32-21-13-7-14-22-32)56-37-34(28-50-25-30-17-9-5-10-18-30)53-43(49-4)39(38(37)48-3)51-26-31-19-11-6-12-20-31/h5-24,29,34-40,43-44H,25-28H2,1-4H3/t29-,34?,35?,36?,37-,38?,39?,40+,43+,44+/m1/s1. The van der Waals surface area contributed by atoms with Crippen molar-refractivity contribution in [3.8, 4) is 0 Å². The van der Waals surface area contributed by atoms with Gasteiger partial charge in [-0.15, -0.1) is 0 Å². The van der Waals surface area contributed by atoms with Crippen LogP contribution in [0, 0.1) is 5.92 Å². The van der Waals surface area contributed by atoms with Crippen LogP contribution in [0.4, 0.5) is 0 Å². The van der Waals surface area contributed by atoms with Crippen LogP contribution in [-0.4, -0.2) is 95.2 Å². The molecule has 4 aromatic carbocycles. The quantitative estimate of drug-likeness (QED) is 0.119. The Labute approximate surface area is 327 Å². The van der Waals surface area contributed by atoms with E-state index < -0.39 is 73.2 Å². The van der Waals surface area contributed by atoms with E-state index in [2.05, 4.69) is 0 Å². The molecular weight excluding hydrogens is 720 g/mol. The van der Waals surface area contributed by atoms with Crippen LogP contribution >= 0.6 is 0 Å². The van der Waals surface area contributed by atoms with Crippen molar-refractivity contribution in [3.05, 3.63) is 144 Å². The van der Waals surface area contributed by atoms with Gasteiger partial charge in [0.2, 0.25) is 0 Å². The Morgan fingerprint density at radius 2 is 1.12 bits per heavy atom. The van der Waals surface area contributed by atoms with E-state index in [-0.39, 0.29) is 19.8 Å². The zero-order valence-corrected chi connectivity index (χ0v) is 32.0. The zero-order chi connectivity index (χ0) is 39.3. The van der Waals surface area contributed by atoms with E-state index in [1.54, 1.807) is 37.3 Å². The van der Waals surface area contributed by atoms with Gasteiger partial charge < -0.3 is 47.4 Å². The van der Waals surface area contributed by atoms with Crippen molar-refractivity contribution in [1.82, 2.24) is 0 Å². The van der Waals surface area contributed by atoms with Crippen molar-refractivity contribution in [2.45, 2.75) is 82.1 Å². The lowest BCUT2D eigenvalue weighted by Gasteiger charge is -2.48. The third kappa shape index (κ3) is 10.5. The molecule has 4 aromatic rings. The number of esters is 2. The van der Waals surface area contributed by atoms with Gasteiger partial charge in [0.1, 0.15) is 37.1 Å². The van der Waals surface area contributed by atoms with Crippen molar-refractivity contribution in [2.24, 2.45) is 5.92 Å². The molecule has 5 unspecified atom stereocenters. The van der Waals surface area contributed by atoms with Gasteiger partial charge >= 0.3 is 11.9 Å². The van der Waals surface area contributed by atoms with Crippen LogP contribution in [0.3, 0.4) is 0 Å². The zero-order valence-electron chi connectivity index (χ0n) is 32.0. The highest BCUT2D eigenvalue weighted by atomic mass is 16.8. The van der Waals surface area contributed by atoms with Gasteiger partial charge in [0, 0.05) is 27.2 Å². The molecule has 2 fully saturated rings. The Hall–Kier alpha value is -4.50. The van der Waals surface area contributed by atoms with E-state index in [0.717, 1.165) is 16.7 Å². The van der Waals surface area contributed by atoms with Gasteiger partial charge in [-0.3, -0.25) is 0 Å². The van der Waals surface area contributed by atoms with E-state index in [1.165, 1.54) is 21.3 Å². The van der Waals surface area contributed by atoms with Crippen LogP contribution in [0.2, 0.25) is 0 Å². The summed E-state index contributed by atoms with van der Waals surface area (Å²) in [5.74, 6) is -1.87. The van der Waals surface area contributed by atoms with Crippen molar-refractivity contribution < 1.29 is 57.0 Å². The molecule has 0 spiro atoms. The van der Waals surface area contributed by atoms with Gasteiger partial charge in [-0.2, -0.15) is 0 Å². The summed E-state index contributed by atoms with van der Waals surface area (Å²) in [6.07, 6.45) is -8.77. The Balaban J connectivity index is 1.31. The molecule has 298 valence electrons. The maximum atomic E-state index is 13.8. The van der Waals surface area contributed by atoms with Crippen LogP contribution < -0.4 is 0 Å². The number of benzene rings is 4. The largest absolute Gasteiger partial charge is 0.459 e. The monoisotopic (exact) mass is 770 g/mol. The number of carbonyl (C=O) groups excluding carboxylic acids is 2. The molecule has 0 bridgehead atoms. The number of rotatable bonds is 17. The summed E-state index contributed by atoms with van der Waals surface area (Å²) in [6.45, 7) is 2.39. The summed E-state index contributed by atoms with van der Waals surface area (Å²) in [5.41, 5.74) is 3.03.